The maximum Gasteiger partial charge on any atom is 2.00 e. The van der Waals surface area contributed by atoms with Crippen LogP contribution in [0, 0.1) is 0 Å². The van der Waals surface area contributed by atoms with Crippen molar-refractivity contribution in [2.24, 2.45) is 0 Å². The van der Waals surface area contributed by atoms with Crippen molar-refractivity contribution in [1.29, 1.82) is 0 Å². The Hall–Kier alpha value is 1.98. The molecule has 0 aliphatic rings. The minimum atomic E-state index is -1.33. The molecule has 0 spiro atoms. The molecule has 0 saturated carbocycles. The molecule has 0 unspecified atom stereocenters. The van der Waals surface area contributed by atoms with Crippen molar-refractivity contribution in [1.82, 2.24) is 0 Å². The fourth-order valence-electron chi connectivity index (χ4n) is 0. The molecular weight excluding hydrogens is 484 g/mol. The van der Waals surface area contributed by atoms with Gasteiger partial charge >= 0.3 is 58.0 Å². The van der Waals surface area contributed by atoms with E-state index >= 15 is 0 Å². The minimum absolute atomic E-state index is 0. The van der Waals surface area contributed by atoms with Crippen LogP contribution in [-0.4, -0.2) is 65.7 Å². The third kappa shape index (κ3) is 1640. The summed E-state index contributed by atoms with van der Waals surface area (Å²) in [4.78, 5) is 0. The van der Waals surface area contributed by atoms with Crippen LogP contribution in [0.5, 0.6) is 0 Å². The van der Waals surface area contributed by atoms with Crippen molar-refractivity contribution in [2.45, 2.75) is 0 Å². The van der Waals surface area contributed by atoms with E-state index in [0.29, 0.717) is 0 Å². The second-order valence-corrected chi connectivity index (χ2v) is 5.62. The fourth-order valence-corrected chi connectivity index (χ4v) is 0. The second kappa shape index (κ2) is 290. The molecule has 0 amide bonds. The number of hydrogen-bond donors (Lipinski definition) is 0. The summed E-state index contributed by atoms with van der Waals surface area (Å²) in [5.74, 6) is 0. The van der Waals surface area contributed by atoms with Crippen LogP contribution in [0.25, 0.3) is 0 Å². The standard InChI is InChI=1S/5ClH.Fe.Ni.12H2O/h5*1H;;;12*1H2/q;;;;;+3;+2;;;;;;;;;;;;/p-5. The van der Waals surface area contributed by atoms with E-state index < -0.39 is 11.2 Å². The van der Waals surface area contributed by atoms with Crippen molar-refractivity contribution < 1.29 is 118 Å². The molecule has 0 aromatic rings. The van der Waals surface area contributed by atoms with Crippen molar-refractivity contribution >= 4 is 30.3 Å². The summed E-state index contributed by atoms with van der Waals surface area (Å²) in [6.45, 7) is 0. The molecule has 0 aromatic carbocycles. The third-order valence-electron chi connectivity index (χ3n) is 0. The zero-order valence-corrected chi connectivity index (χ0v) is 14.4. The molecule has 0 bridgehead atoms. The Morgan fingerprint density at radius 1 is 0.368 bits per heavy atom. The molecule has 0 fully saturated rings. The number of hydrogen-bond acceptors (Lipinski definition) is 0. The number of rotatable bonds is 0. The first-order valence-electron chi connectivity index (χ1n) is 0.401. The van der Waals surface area contributed by atoms with Gasteiger partial charge in [-0.1, -0.05) is 0 Å². The van der Waals surface area contributed by atoms with Crippen molar-refractivity contribution in [3.05, 3.63) is 0 Å². The summed E-state index contributed by atoms with van der Waals surface area (Å²) in [7, 11) is 14.7. The Kier molecular flexibility index (Phi) is 5150. The van der Waals surface area contributed by atoms with E-state index in [2.05, 4.69) is 0 Å². The van der Waals surface area contributed by atoms with E-state index in [4.69, 9.17) is 30.3 Å². The first-order valence-corrected chi connectivity index (χ1v) is 4.96. The van der Waals surface area contributed by atoms with Crippen LogP contribution in [0.4, 0.5) is 0 Å². The quantitative estimate of drug-likeness (QED) is 0.275. The minimum Gasteiger partial charge on any atom is 2.00 e. The Morgan fingerprint density at radius 2 is 0.368 bits per heavy atom. The maximum atomic E-state index is 4.89. The topological polar surface area (TPSA) is 378 Å². The third-order valence-corrected chi connectivity index (χ3v) is 0. The van der Waals surface area contributed by atoms with Crippen molar-refractivity contribution in [3.63, 3.8) is 0 Å². The smallest absolute Gasteiger partial charge is 2.00 e. The van der Waals surface area contributed by atoms with Gasteiger partial charge in [0, 0.05) is 0 Å². The van der Waals surface area contributed by atoms with Crippen LogP contribution in [0.1, 0.15) is 0 Å². The molecular formula is H24Cl5FeNiO12. The predicted octanol–water partition coefficient (Wildman–Crippen LogP) is -13.8. The molecule has 149 valence electrons. The van der Waals surface area contributed by atoms with Gasteiger partial charge in [-0.3, -0.25) is 0 Å². The molecule has 12 nitrogen and oxygen atoms in total. The molecule has 19 heteroatoms. The summed E-state index contributed by atoms with van der Waals surface area (Å²) in [6.07, 6.45) is 0. The molecule has 0 aliphatic carbocycles. The maximum absolute atomic E-state index is 4.89. The summed E-state index contributed by atoms with van der Waals surface area (Å²) in [6, 6.07) is 0. The fraction of sp³-hybridized carbons (Fsp3) is 0. The van der Waals surface area contributed by atoms with E-state index in [1.807, 2.05) is 0 Å². The Morgan fingerprint density at radius 3 is 0.368 bits per heavy atom. The SMILES string of the molecule is O.O.O.O.O.O.O.O.O.O.O.O.[Cl-].[Cl-].[Cl][Fe]([Cl])[Cl].[Ni+2]. The van der Waals surface area contributed by atoms with Gasteiger partial charge in [-0.15, -0.1) is 0 Å². The Bertz CT molecular complexity index is 30.8. The molecule has 0 saturated heterocycles. The van der Waals surface area contributed by atoms with Gasteiger partial charge in [-0.2, -0.15) is 0 Å². The summed E-state index contributed by atoms with van der Waals surface area (Å²) in [5.41, 5.74) is 0. The Balaban J connectivity index is -0.000000000429. The molecule has 0 aliphatic heterocycles. The first kappa shape index (κ1) is 337. The van der Waals surface area contributed by atoms with Crippen LogP contribution < -0.4 is 24.8 Å². The van der Waals surface area contributed by atoms with Crippen LogP contribution in [0.2, 0.25) is 0 Å². The largest absolute Gasteiger partial charge is 2.00 e. The Labute approximate surface area is 148 Å². The molecule has 0 aromatic heterocycles. The van der Waals surface area contributed by atoms with Crippen LogP contribution in [0.15, 0.2) is 0 Å². The molecule has 24 N–H and O–H groups in total. The van der Waals surface area contributed by atoms with Gasteiger partial charge in [0.1, 0.15) is 0 Å². The van der Waals surface area contributed by atoms with Crippen molar-refractivity contribution in [2.75, 3.05) is 0 Å². The van der Waals surface area contributed by atoms with E-state index in [-0.39, 0.29) is 107 Å². The molecule has 0 heterocycles. The zero-order valence-electron chi connectivity index (χ0n) is 8.56. The van der Waals surface area contributed by atoms with E-state index in [1.54, 1.807) is 0 Å². The van der Waals surface area contributed by atoms with E-state index in [0.717, 1.165) is 0 Å². The van der Waals surface area contributed by atoms with Crippen molar-refractivity contribution in [3.8, 4) is 0 Å². The summed E-state index contributed by atoms with van der Waals surface area (Å²) >= 11 is -1.33. The normalized spacial score (nSPS) is 2.37. The monoisotopic (exact) mass is 505 g/mol. The van der Waals surface area contributed by atoms with Gasteiger partial charge < -0.3 is 90.5 Å². The van der Waals surface area contributed by atoms with Crippen LogP contribution in [0.3, 0.4) is 0 Å². The molecule has 0 radical (unpaired) electrons. The predicted molar refractivity (Wildman–Crippen MR) is 60.9 cm³/mol. The zero-order chi connectivity index (χ0) is 3.58. The van der Waals surface area contributed by atoms with Gasteiger partial charge in [0.05, 0.1) is 0 Å². The van der Waals surface area contributed by atoms with Gasteiger partial charge in [-0.05, 0) is 0 Å². The average Bonchev–Trinajstić information content (AvgIpc) is 0.811. The first-order chi connectivity index (χ1) is 1.73. The van der Waals surface area contributed by atoms with Gasteiger partial charge in [0.15, 0.2) is 0 Å². The molecule has 19 heavy (non-hydrogen) atoms. The summed E-state index contributed by atoms with van der Waals surface area (Å²) in [5, 5.41) is 0. The van der Waals surface area contributed by atoms with Gasteiger partial charge in [0.2, 0.25) is 0 Å². The van der Waals surface area contributed by atoms with E-state index in [9.17, 15) is 0 Å². The average molecular weight is 508 g/mol. The van der Waals surface area contributed by atoms with Gasteiger partial charge in [0.25, 0.3) is 0 Å². The molecule has 0 rings (SSSR count). The van der Waals surface area contributed by atoms with Crippen LogP contribution >= 0.6 is 30.3 Å². The van der Waals surface area contributed by atoms with Crippen LogP contribution in [-0.2, 0) is 27.7 Å². The van der Waals surface area contributed by atoms with E-state index in [1.165, 1.54) is 0 Å². The summed E-state index contributed by atoms with van der Waals surface area (Å²) < 4.78 is 0. The van der Waals surface area contributed by atoms with Gasteiger partial charge in [-0.25, -0.2) is 0 Å². The second-order valence-electron chi connectivity index (χ2n) is 0.152. The number of halogens is 5. The molecule has 0 atom stereocenters.